The van der Waals surface area contributed by atoms with Crippen molar-refractivity contribution in [1.82, 2.24) is 5.32 Å². The summed E-state index contributed by atoms with van der Waals surface area (Å²) in [5, 5.41) is 6.04. The summed E-state index contributed by atoms with van der Waals surface area (Å²) in [4.78, 5) is 12.8. The Hall–Kier alpha value is -3.67. The molecule has 0 aromatic heterocycles. The summed E-state index contributed by atoms with van der Waals surface area (Å²) < 4.78 is 16.5. The second-order valence-corrected chi connectivity index (χ2v) is 7.31. The third-order valence-corrected chi connectivity index (χ3v) is 5.01. The van der Waals surface area contributed by atoms with Crippen LogP contribution in [0.3, 0.4) is 0 Å². The van der Waals surface area contributed by atoms with Crippen LogP contribution in [0.1, 0.15) is 18.1 Å². The molecule has 1 aliphatic heterocycles. The molecule has 4 rings (SSSR count). The number of rotatable bonds is 8. The van der Waals surface area contributed by atoms with E-state index in [1.54, 1.807) is 0 Å². The predicted molar refractivity (Wildman–Crippen MR) is 120 cm³/mol. The van der Waals surface area contributed by atoms with Crippen molar-refractivity contribution in [2.75, 3.05) is 18.7 Å². The molecule has 3 aromatic rings. The number of anilines is 1. The van der Waals surface area contributed by atoms with E-state index in [9.17, 15) is 4.79 Å². The quantitative estimate of drug-likeness (QED) is 0.552. The summed E-state index contributed by atoms with van der Waals surface area (Å²) in [6.45, 7) is 2.69. The Morgan fingerprint density at radius 1 is 0.935 bits per heavy atom. The molecule has 1 unspecified atom stereocenters. The molecule has 1 heterocycles. The number of carbonyl (C=O) groups is 1. The van der Waals surface area contributed by atoms with Crippen LogP contribution in [0.15, 0.2) is 72.8 Å². The average molecular weight is 418 g/mol. The van der Waals surface area contributed by atoms with Crippen molar-refractivity contribution in [3.8, 4) is 17.2 Å². The normalized spacial score (nSPS) is 12.8. The minimum Gasteiger partial charge on any atom is -0.492 e. The van der Waals surface area contributed by atoms with Gasteiger partial charge < -0.3 is 24.8 Å². The summed E-state index contributed by atoms with van der Waals surface area (Å²) in [6.07, 6.45) is 1.36. The number of hydrogen-bond donors (Lipinski definition) is 2. The van der Waals surface area contributed by atoms with E-state index in [1.165, 1.54) is 0 Å². The zero-order chi connectivity index (χ0) is 21.5. The van der Waals surface area contributed by atoms with Crippen LogP contribution in [0.25, 0.3) is 0 Å². The van der Waals surface area contributed by atoms with Gasteiger partial charge in [-0.1, -0.05) is 48.5 Å². The molecule has 0 saturated heterocycles. The molecular formula is C25H26N2O4. The molecule has 1 aliphatic rings. The molecule has 1 atom stereocenters. The topological polar surface area (TPSA) is 68.8 Å². The Balaban J connectivity index is 1.48. The van der Waals surface area contributed by atoms with Gasteiger partial charge in [0.2, 0.25) is 6.79 Å². The molecule has 6 heteroatoms. The van der Waals surface area contributed by atoms with Gasteiger partial charge >= 0.3 is 6.03 Å². The average Bonchev–Trinajstić information content (AvgIpc) is 3.24. The minimum atomic E-state index is -0.270. The Kier molecular flexibility index (Phi) is 6.57. The fourth-order valence-corrected chi connectivity index (χ4v) is 3.62. The fraction of sp³-hybridized carbons (Fsp3) is 0.240. The first kappa shape index (κ1) is 20.6. The first-order valence-corrected chi connectivity index (χ1v) is 10.4. The molecule has 6 nitrogen and oxygen atoms in total. The number of hydrogen-bond acceptors (Lipinski definition) is 4. The lowest BCUT2D eigenvalue weighted by Gasteiger charge is -2.20. The van der Waals surface area contributed by atoms with Crippen LogP contribution >= 0.6 is 0 Å². The highest BCUT2D eigenvalue weighted by Crippen LogP contribution is 2.33. The van der Waals surface area contributed by atoms with Gasteiger partial charge in [-0.15, -0.1) is 0 Å². The van der Waals surface area contributed by atoms with Crippen molar-refractivity contribution >= 4 is 11.7 Å². The number of para-hydroxylation sites is 2. The first-order chi connectivity index (χ1) is 15.2. The largest absolute Gasteiger partial charge is 0.492 e. The van der Waals surface area contributed by atoms with Gasteiger partial charge in [-0.05, 0) is 55.2 Å². The standard InChI is InChI=1S/C25H26N2O4/c1-2-29-22-11-7-6-10-21(22)27-25(28)26-20(14-18-8-4-3-5-9-18)15-19-12-13-23-24(16-19)31-17-30-23/h3-13,16,20H,2,14-15,17H2,1H3,(H2,26,27,28). The van der Waals surface area contributed by atoms with Crippen LogP contribution in [0.5, 0.6) is 17.2 Å². The highest BCUT2D eigenvalue weighted by Gasteiger charge is 2.18. The van der Waals surface area contributed by atoms with Crippen LogP contribution in [-0.2, 0) is 12.8 Å². The molecule has 0 bridgehead atoms. The van der Waals surface area contributed by atoms with Gasteiger partial charge in [-0.3, -0.25) is 0 Å². The van der Waals surface area contributed by atoms with Gasteiger partial charge in [0.15, 0.2) is 11.5 Å². The second-order valence-electron chi connectivity index (χ2n) is 7.31. The van der Waals surface area contributed by atoms with Crippen LogP contribution in [0, 0.1) is 0 Å². The summed E-state index contributed by atoms with van der Waals surface area (Å²) in [5.41, 5.74) is 2.87. The molecule has 0 saturated carbocycles. The summed E-state index contributed by atoms with van der Waals surface area (Å²) in [7, 11) is 0. The predicted octanol–water partition coefficient (Wildman–Crippen LogP) is 4.79. The maximum atomic E-state index is 12.8. The lowest BCUT2D eigenvalue weighted by Crippen LogP contribution is -2.40. The fourth-order valence-electron chi connectivity index (χ4n) is 3.62. The highest BCUT2D eigenvalue weighted by molar-refractivity contribution is 5.91. The smallest absolute Gasteiger partial charge is 0.319 e. The van der Waals surface area contributed by atoms with E-state index in [-0.39, 0.29) is 18.9 Å². The zero-order valence-electron chi connectivity index (χ0n) is 17.5. The van der Waals surface area contributed by atoms with Crippen molar-refractivity contribution < 1.29 is 19.0 Å². The van der Waals surface area contributed by atoms with Gasteiger partial charge in [0, 0.05) is 6.04 Å². The third-order valence-electron chi connectivity index (χ3n) is 5.01. The number of carbonyl (C=O) groups excluding carboxylic acids is 1. The van der Waals surface area contributed by atoms with Crippen molar-refractivity contribution in [3.63, 3.8) is 0 Å². The molecule has 160 valence electrons. The number of amides is 2. The van der Waals surface area contributed by atoms with Crippen LogP contribution in [0.4, 0.5) is 10.5 Å². The lowest BCUT2D eigenvalue weighted by molar-refractivity contribution is 0.174. The molecule has 0 spiro atoms. The number of benzene rings is 3. The Bertz CT molecular complexity index is 1020. The number of nitrogens with one attached hydrogen (secondary N) is 2. The van der Waals surface area contributed by atoms with E-state index < -0.39 is 0 Å². The lowest BCUT2D eigenvalue weighted by atomic mass is 9.98. The van der Waals surface area contributed by atoms with Crippen molar-refractivity contribution in [3.05, 3.63) is 83.9 Å². The summed E-state index contributed by atoms with van der Waals surface area (Å²) >= 11 is 0. The van der Waals surface area contributed by atoms with Gasteiger partial charge in [-0.2, -0.15) is 0 Å². The second kappa shape index (κ2) is 9.89. The van der Waals surface area contributed by atoms with E-state index in [1.807, 2.05) is 67.6 Å². The van der Waals surface area contributed by atoms with Gasteiger partial charge in [-0.25, -0.2) is 4.79 Å². The van der Waals surface area contributed by atoms with Gasteiger partial charge in [0.1, 0.15) is 5.75 Å². The Labute approximate surface area is 182 Å². The van der Waals surface area contributed by atoms with E-state index in [0.717, 1.165) is 22.6 Å². The molecule has 0 aliphatic carbocycles. The summed E-state index contributed by atoms with van der Waals surface area (Å²) in [6, 6.07) is 23.1. The van der Waals surface area contributed by atoms with Crippen molar-refractivity contribution in [1.29, 1.82) is 0 Å². The number of fused-ring (bicyclic) bond motifs is 1. The number of ether oxygens (including phenoxy) is 3. The molecule has 0 radical (unpaired) electrons. The van der Waals surface area contributed by atoms with Crippen molar-refractivity contribution in [2.45, 2.75) is 25.8 Å². The van der Waals surface area contributed by atoms with Crippen molar-refractivity contribution in [2.24, 2.45) is 0 Å². The molecule has 2 amide bonds. The monoisotopic (exact) mass is 418 g/mol. The third kappa shape index (κ3) is 5.48. The Morgan fingerprint density at radius 3 is 2.52 bits per heavy atom. The SMILES string of the molecule is CCOc1ccccc1NC(=O)NC(Cc1ccccc1)Cc1ccc2c(c1)OCO2. The van der Waals surface area contributed by atoms with Crippen LogP contribution in [0.2, 0.25) is 0 Å². The van der Waals surface area contributed by atoms with E-state index in [0.29, 0.717) is 30.9 Å². The highest BCUT2D eigenvalue weighted by atomic mass is 16.7. The van der Waals surface area contributed by atoms with Crippen LogP contribution in [-0.4, -0.2) is 25.5 Å². The van der Waals surface area contributed by atoms with Gasteiger partial charge in [0.05, 0.1) is 12.3 Å². The van der Waals surface area contributed by atoms with Gasteiger partial charge in [0.25, 0.3) is 0 Å². The minimum absolute atomic E-state index is 0.109. The molecular weight excluding hydrogens is 392 g/mol. The molecule has 0 fully saturated rings. The van der Waals surface area contributed by atoms with E-state index >= 15 is 0 Å². The van der Waals surface area contributed by atoms with Crippen LogP contribution < -0.4 is 24.8 Å². The van der Waals surface area contributed by atoms with E-state index in [4.69, 9.17) is 14.2 Å². The molecule has 3 aromatic carbocycles. The maximum absolute atomic E-state index is 12.8. The Morgan fingerprint density at radius 2 is 1.68 bits per heavy atom. The first-order valence-electron chi connectivity index (χ1n) is 10.4. The van der Waals surface area contributed by atoms with E-state index in [2.05, 4.69) is 22.8 Å². The maximum Gasteiger partial charge on any atom is 0.319 e. The molecule has 31 heavy (non-hydrogen) atoms. The summed E-state index contributed by atoms with van der Waals surface area (Å²) in [5.74, 6) is 2.14. The molecule has 2 N–H and O–H groups in total. The zero-order valence-corrected chi connectivity index (χ0v) is 17.5. The number of urea groups is 1.